The highest BCUT2D eigenvalue weighted by Crippen LogP contribution is 2.23. The third kappa shape index (κ3) is 2.68. The number of hydrogen-bond donors (Lipinski definition) is 0. The zero-order valence-electron chi connectivity index (χ0n) is 7.91. The second-order valence-electron chi connectivity index (χ2n) is 3.31. The molecule has 0 amide bonds. The lowest BCUT2D eigenvalue weighted by molar-refractivity contribution is 0.0536. The topological polar surface area (TPSA) is 18.5 Å². The molecule has 1 unspecified atom stereocenters. The molecule has 0 saturated carbocycles. The van der Waals surface area contributed by atoms with E-state index in [-0.39, 0.29) is 6.10 Å². The molecule has 2 nitrogen and oxygen atoms in total. The van der Waals surface area contributed by atoms with E-state index in [1.165, 1.54) is 9.13 Å². The van der Waals surface area contributed by atoms with Crippen LogP contribution in [-0.2, 0) is 9.47 Å². The summed E-state index contributed by atoms with van der Waals surface area (Å²) in [5.41, 5.74) is 1.26. The summed E-state index contributed by atoms with van der Waals surface area (Å²) in [6.45, 7) is 2.23. The minimum atomic E-state index is 0.217. The Hall–Kier alpha value is -0.130. The van der Waals surface area contributed by atoms with Gasteiger partial charge in [-0.1, -0.05) is 12.1 Å². The summed E-state index contributed by atoms with van der Waals surface area (Å²) in [4.78, 5) is 0. The van der Waals surface area contributed by atoms with Crippen molar-refractivity contribution in [3.63, 3.8) is 0 Å². The Kier molecular flexibility index (Phi) is 3.78. The van der Waals surface area contributed by atoms with Crippen molar-refractivity contribution in [3.05, 3.63) is 33.4 Å². The first-order valence-corrected chi connectivity index (χ1v) is 5.89. The Morgan fingerprint density at radius 1 is 1.07 bits per heavy atom. The fourth-order valence-electron chi connectivity index (χ4n) is 1.57. The van der Waals surface area contributed by atoms with Crippen molar-refractivity contribution in [2.24, 2.45) is 0 Å². The molecular weight excluding hydrogens is 291 g/mol. The minimum Gasteiger partial charge on any atom is -0.379 e. The van der Waals surface area contributed by atoms with Gasteiger partial charge in [0.25, 0.3) is 0 Å². The van der Waals surface area contributed by atoms with Crippen LogP contribution in [0.1, 0.15) is 18.1 Å². The zero-order chi connectivity index (χ0) is 9.80. The maximum atomic E-state index is 5.70. The number of rotatable bonds is 1. The lowest BCUT2D eigenvalue weighted by Gasteiger charge is -2.14. The van der Waals surface area contributed by atoms with Crippen molar-refractivity contribution < 1.29 is 9.47 Å². The molecule has 0 aliphatic carbocycles. The molecule has 1 atom stereocenters. The molecule has 0 N–H and O–H groups in total. The lowest BCUT2D eigenvalue weighted by Crippen LogP contribution is -2.04. The summed E-state index contributed by atoms with van der Waals surface area (Å²) in [6.07, 6.45) is 1.18. The number of halogens is 1. The van der Waals surface area contributed by atoms with Gasteiger partial charge in [0.15, 0.2) is 0 Å². The molecular formula is C11H13IO2. The molecule has 76 valence electrons. The first-order chi connectivity index (χ1) is 6.86. The Balaban J connectivity index is 2.08. The van der Waals surface area contributed by atoms with Crippen molar-refractivity contribution in [1.29, 1.82) is 0 Å². The smallest absolute Gasteiger partial charge is 0.0848 e. The fraction of sp³-hybridized carbons (Fsp3) is 0.455. The summed E-state index contributed by atoms with van der Waals surface area (Å²) in [6, 6.07) is 8.51. The summed E-state index contributed by atoms with van der Waals surface area (Å²) in [5, 5.41) is 0. The molecule has 0 radical (unpaired) electrons. The van der Waals surface area contributed by atoms with E-state index >= 15 is 0 Å². The highest BCUT2D eigenvalue weighted by atomic mass is 127. The van der Waals surface area contributed by atoms with E-state index in [9.17, 15) is 0 Å². The Labute approximate surface area is 97.7 Å². The second-order valence-corrected chi connectivity index (χ2v) is 4.56. The summed E-state index contributed by atoms with van der Waals surface area (Å²) >= 11 is 2.31. The average molecular weight is 304 g/mol. The van der Waals surface area contributed by atoms with E-state index < -0.39 is 0 Å². The van der Waals surface area contributed by atoms with E-state index in [1.54, 1.807) is 0 Å². The van der Waals surface area contributed by atoms with Crippen molar-refractivity contribution >= 4 is 22.6 Å². The highest BCUT2D eigenvalue weighted by Gasteiger charge is 2.14. The number of benzene rings is 1. The van der Waals surface area contributed by atoms with Gasteiger partial charge in [-0.3, -0.25) is 0 Å². The van der Waals surface area contributed by atoms with Crippen molar-refractivity contribution in [1.82, 2.24) is 0 Å². The largest absolute Gasteiger partial charge is 0.379 e. The van der Waals surface area contributed by atoms with Crippen LogP contribution in [0.5, 0.6) is 0 Å². The molecule has 1 aromatic carbocycles. The van der Waals surface area contributed by atoms with Crippen LogP contribution < -0.4 is 0 Å². The Morgan fingerprint density at radius 2 is 1.86 bits per heavy atom. The van der Waals surface area contributed by atoms with Gasteiger partial charge in [-0.25, -0.2) is 0 Å². The molecule has 1 aliphatic heterocycles. The van der Waals surface area contributed by atoms with Crippen LogP contribution >= 0.6 is 22.6 Å². The Bertz CT molecular complexity index is 276. The molecule has 1 aliphatic rings. The van der Waals surface area contributed by atoms with Gasteiger partial charge < -0.3 is 9.47 Å². The van der Waals surface area contributed by atoms with E-state index in [0.717, 1.165) is 19.6 Å². The molecule has 1 heterocycles. The number of ether oxygens (including phenoxy) is 2. The van der Waals surface area contributed by atoms with Crippen LogP contribution in [0.25, 0.3) is 0 Å². The quantitative estimate of drug-likeness (QED) is 0.743. The van der Waals surface area contributed by atoms with Crippen LogP contribution in [0.15, 0.2) is 24.3 Å². The average Bonchev–Trinajstić information content (AvgIpc) is 2.47. The maximum Gasteiger partial charge on any atom is 0.0848 e. The van der Waals surface area contributed by atoms with Crippen LogP contribution in [0.2, 0.25) is 0 Å². The van der Waals surface area contributed by atoms with Crippen LogP contribution in [-0.4, -0.2) is 19.8 Å². The molecule has 3 heteroatoms. The van der Waals surface area contributed by atoms with Gasteiger partial charge in [0.1, 0.15) is 0 Å². The minimum absolute atomic E-state index is 0.217. The third-order valence-electron chi connectivity index (χ3n) is 2.31. The van der Waals surface area contributed by atoms with Crippen LogP contribution in [0.3, 0.4) is 0 Å². The van der Waals surface area contributed by atoms with Crippen molar-refractivity contribution in [2.45, 2.75) is 12.5 Å². The van der Waals surface area contributed by atoms with Gasteiger partial charge >= 0.3 is 0 Å². The predicted molar refractivity (Wildman–Crippen MR) is 63.3 cm³/mol. The molecule has 2 rings (SSSR count). The van der Waals surface area contributed by atoms with Crippen molar-refractivity contribution in [2.75, 3.05) is 19.8 Å². The maximum absolute atomic E-state index is 5.70. The fourth-order valence-corrected chi connectivity index (χ4v) is 1.92. The first kappa shape index (κ1) is 10.4. The van der Waals surface area contributed by atoms with E-state index in [2.05, 4.69) is 46.9 Å². The molecule has 14 heavy (non-hydrogen) atoms. The summed E-state index contributed by atoms with van der Waals surface area (Å²) in [7, 11) is 0. The third-order valence-corrected chi connectivity index (χ3v) is 3.03. The zero-order valence-corrected chi connectivity index (χ0v) is 10.1. The van der Waals surface area contributed by atoms with Gasteiger partial charge in [-0.05, 0) is 40.3 Å². The summed E-state index contributed by atoms with van der Waals surface area (Å²) in [5.74, 6) is 0. The van der Waals surface area contributed by atoms with Crippen LogP contribution in [0.4, 0.5) is 0 Å². The molecule has 1 fully saturated rings. The lowest BCUT2D eigenvalue weighted by atomic mass is 10.1. The Morgan fingerprint density at radius 3 is 2.64 bits per heavy atom. The molecule has 1 saturated heterocycles. The highest BCUT2D eigenvalue weighted by molar-refractivity contribution is 14.1. The molecule has 0 spiro atoms. The normalized spacial score (nSPS) is 23.1. The van der Waals surface area contributed by atoms with Gasteiger partial charge in [0.05, 0.1) is 19.3 Å². The monoisotopic (exact) mass is 304 g/mol. The second kappa shape index (κ2) is 5.09. The first-order valence-electron chi connectivity index (χ1n) is 4.81. The summed E-state index contributed by atoms with van der Waals surface area (Å²) < 4.78 is 12.3. The standard InChI is InChI=1S/C11H13IO2/c12-10-3-1-9(2-4-10)11-5-6-13-7-8-14-11/h1-4,11H,5-8H2. The molecule has 0 aromatic heterocycles. The van der Waals surface area contributed by atoms with E-state index in [4.69, 9.17) is 9.47 Å². The van der Waals surface area contributed by atoms with Gasteiger partial charge in [-0.2, -0.15) is 0 Å². The van der Waals surface area contributed by atoms with E-state index in [1.807, 2.05) is 0 Å². The molecule has 0 bridgehead atoms. The van der Waals surface area contributed by atoms with E-state index in [0.29, 0.717) is 6.61 Å². The predicted octanol–water partition coefficient (Wildman–Crippen LogP) is 2.77. The van der Waals surface area contributed by atoms with Crippen molar-refractivity contribution in [3.8, 4) is 0 Å². The molecule has 1 aromatic rings. The SMILES string of the molecule is Ic1ccc(C2CCOCCO2)cc1. The van der Waals surface area contributed by atoms with Gasteiger partial charge in [-0.15, -0.1) is 0 Å². The van der Waals surface area contributed by atoms with Gasteiger partial charge in [0.2, 0.25) is 0 Å². The van der Waals surface area contributed by atoms with Gasteiger partial charge in [0, 0.05) is 16.6 Å². The van der Waals surface area contributed by atoms with Crippen LogP contribution in [0, 0.1) is 3.57 Å². The number of hydrogen-bond acceptors (Lipinski definition) is 2.